The molecule has 36 heavy (non-hydrogen) atoms. The van der Waals surface area contributed by atoms with Crippen LogP contribution in [0.25, 0.3) is 10.8 Å². The van der Waals surface area contributed by atoms with Crippen molar-refractivity contribution in [3.05, 3.63) is 88.2 Å². The molecular formula is C26H20ClF3N6. The molecule has 1 aliphatic rings. The van der Waals surface area contributed by atoms with Crippen LogP contribution >= 0.6 is 11.6 Å². The number of aromatic nitrogens is 3. The maximum Gasteiger partial charge on any atom is 0.417 e. The lowest BCUT2D eigenvalue weighted by Gasteiger charge is -2.36. The smallest absolute Gasteiger partial charge is 0.353 e. The van der Waals surface area contributed by atoms with Crippen LogP contribution in [-0.2, 0) is 12.6 Å². The standard InChI is InChI=1S/C26H20ClF3N6/c27-22-7-5-17(13-21(22)26(28,29)30)14-23-19-3-1-2-4-20(19)25(34-33-23)36-11-9-35(10-12-36)24-8-6-18(15-31)16-32-24/h1-8,13,16H,9-12,14H2. The number of anilines is 2. The Morgan fingerprint density at radius 3 is 2.31 bits per heavy atom. The van der Waals surface area contributed by atoms with Crippen molar-refractivity contribution in [3.8, 4) is 6.07 Å². The first-order chi connectivity index (χ1) is 17.3. The van der Waals surface area contributed by atoms with Gasteiger partial charge in [-0.15, -0.1) is 5.10 Å². The number of pyridine rings is 1. The van der Waals surface area contributed by atoms with Crippen LogP contribution < -0.4 is 9.80 Å². The van der Waals surface area contributed by atoms with Crippen molar-refractivity contribution in [1.82, 2.24) is 15.2 Å². The zero-order valence-corrected chi connectivity index (χ0v) is 19.8. The zero-order chi connectivity index (χ0) is 25.3. The molecule has 2 aromatic heterocycles. The topological polar surface area (TPSA) is 68.9 Å². The molecule has 0 amide bonds. The Morgan fingerprint density at radius 1 is 0.917 bits per heavy atom. The summed E-state index contributed by atoms with van der Waals surface area (Å²) in [6.07, 6.45) is -2.76. The monoisotopic (exact) mass is 508 g/mol. The summed E-state index contributed by atoms with van der Waals surface area (Å²) in [7, 11) is 0. The van der Waals surface area contributed by atoms with E-state index in [1.165, 1.54) is 6.07 Å². The van der Waals surface area contributed by atoms with Gasteiger partial charge >= 0.3 is 6.18 Å². The third-order valence-electron chi connectivity index (χ3n) is 6.23. The molecule has 5 rings (SSSR count). The molecule has 0 radical (unpaired) electrons. The van der Waals surface area contributed by atoms with Gasteiger partial charge in [-0.2, -0.15) is 23.5 Å². The van der Waals surface area contributed by atoms with Crippen LogP contribution in [-0.4, -0.2) is 41.4 Å². The third-order valence-corrected chi connectivity index (χ3v) is 6.56. The van der Waals surface area contributed by atoms with Crippen molar-refractivity contribution in [2.75, 3.05) is 36.0 Å². The predicted molar refractivity (Wildman–Crippen MR) is 132 cm³/mol. The van der Waals surface area contributed by atoms with Crippen molar-refractivity contribution in [3.63, 3.8) is 0 Å². The average molecular weight is 509 g/mol. The maximum atomic E-state index is 13.3. The highest BCUT2D eigenvalue weighted by atomic mass is 35.5. The number of nitriles is 1. The minimum absolute atomic E-state index is 0.201. The number of fused-ring (bicyclic) bond motifs is 1. The summed E-state index contributed by atoms with van der Waals surface area (Å²) in [5, 5.41) is 19.3. The number of alkyl halides is 3. The Labute approximate surface area is 210 Å². The highest BCUT2D eigenvalue weighted by molar-refractivity contribution is 6.31. The van der Waals surface area contributed by atoms with E-state index in [1.54, 1.807) is 18.3 Å². The minimum Gasteiger partial charge on any atom is -0.353 e. The maximum absolute atomic E-state index is 13.3. The van der Waals surface area contributed by atoms with E-state index in [0.717, 1.165) is 41.6 Å². The fourth-order valence-electron chi connectivity index (χ4n) is 4.39. The van der Waals surface area contributed by atoms with Crippen molar-refractivity contribution < 1.29 is 13.2 Å². The summed E-state index contributed by atoms with van der Waals surface area (Å²) in [5.41, 5.74) is 0.727. The van der Waals surface area contributed by atoms with E-state index in [4.69, 9.17) is 16.9 Å². The van der Waals surface area contributed by atoms with E-state index in [2.05, 4.69) is 31.1 Å². The first-order valence-electron chi connectivity index (χ1n) is 11.3. The van der Waals surface area contributed by atoms with Crippen molar-refractivity contribution in [1.29, 1.82) is 5.26 Å². The van der Waals surface area contributed by atoms with E-state index in [0.29, 0.717) is 29.9 Å². The van der Waals surface area contributed by atoms with Gasteiger partial charge in [0.1, 0.15) is 11.9 Å². The molecule has 0 unspecified atom stereocenters. The summed E-state index contributed by atoms with van der Waals surface area (Å²) < 4.78 is 39.9. The first-order valence-corrected chi connectivity index (χ1v) is 11.7. The van der Waals surface area contributed by atoms with Crippen LogP contribution in [0, 0.1) is 11.3 Å². The Morgan fingerprint density at radius 2 is 1.64 bits per heavy atom. The van der Waals surface area contributed by atoms with Gasteiger partial charge in [-0.05, 0) is 29.8 Å². The molecule has 10 heteroatoms. The number of rotatable bonds is 4. The number of nitrogens with zero attached hydrogens (tertiary/aromatic N) is 6. The molecule has 0 atom stereocenters. The molecule has 1 aliphatic heterocycles. The Bertz CT molecular complexity index is 1440. The fraction of sp³-hybridized carbons (Fsp3) is 0.231. The molecule has 0 saturated carbocycles. The molecule has 1 fully saturated rings. The second-order valence-electron chi connectivity index (χ2n) is 8.50. The van der Waals surface area contributed by atoms with Gasteiger partial charge in [0.15, 0.2) is 5.82 Å². The van der Waals surface area contributed by atoms with Crippen LogP contribution in [0.5, 0.6) is 0 Å². The lowest BCUT2D eigenvalue weighted by Crippen LogP contribution is -2.47. The van der Waals surface area contributed by atoms with Crippen LogP contribution in [0.15, 0.2) is 60.8 Å². The molecular weight excluding hydrogens is 489 g/mol. The minimum atomic E-state index is -4.53. The molecule has 2 aromatic carbocycles. The van der Waals surface area contributed by atoms with E-state index in [9.17, 15) is 13.2 Å². The summed E-state index contributed by atoms with van der Waals surface area (Å²) in [6.45, 7) is 2.85. The second-order valence-corrected chi connectivity index (χ2v) is 8.90. The number of hydrogen-bond acceptors (Lipinski definition) is 6. The van der Waals surface area contributed by atoms with Crippen molar-refractivity contribution in [2.24, 2.45) is 0 Å². The Hall–Kier alpha value is -3.90. The average Bonchev–Trinajstić information content (AvgIpc) is 2.89. The highest BCUT2D eigenvalue weighted by Gasteiger charge is 2.33. The zero-order valence-electron chi connectivity index (χ0n) is 19.0. The molecule has 1 saturated heterocycles. The lowest BCUT2D eigenvalue weighted by molar-refractivity contribution is -0.137. The van der Waals surface area contributed by atoms with Crippen molar-refractivity contribution in [2.45, 2.75) is 12.6 Å². The number of hydrogen-bond donors (Lipinski definition) is 0. The van der Waals surface area contributed by atoms with Crippen LogP contribution in [0.4, 0.5) is 24.8 Å². The summed E-state index contributed by atoms with van der Waals surface area (Å²) in [6, 6.07) is 17.3. The van der Waals surface area contributed by atoms with Gasteiger partial charge in [-0.1, -0.05) is 41.9 Å². The predicted octanol–water partition coefficient (Wildman–Crippen LogP) is 5.49. The summed E-state index contributed by atoms with van der Waals surface area (Å²) in [5.74, 6) is 1.56. The van der Waals surface area contributed by atoms with Gasteiger partial charge in [0.2, 0.25) is 0 Å². The van der Waals surface area contributed by atoms with Crippen LogP contribution in [0.1, 0.15) is 22.4 Å². The van der Waals surface area contributed by atoms with Gasteiger partial charge in [0, 0.05) is 49.6 Å². The summed E-state index contributed by atoms with van der Waals surface area (Å²) in [4.78, 5) is 8.69. The van der Waals surface area contributed by atoms with E-state index in [-0.39, 0.29) is 11.4 Å². The van der Waals surface area contributed by atoms with E-state index in [1.807, 2.05) is 30.3 Å². The third kappa shape index (κ3) is 4.77. The molecule has 0 aliphatic carbocycles. The first kappa shape index (κ1) is 23.8. The highest BCUT2D eigenvalue weighted by Crippen LogP contribution is 2.36. The molecule has 0 N–H and O–H groups in total. The SMILES string of the molecule is N#Cc1ccc(N2CCN(c3nnc(Cc4ccc(Cl)c(C(F)(F)F)c4)c4ccccc34)CC2)nc1. The number of piperazine rings is 1. The Kier molecular flexibility index (Phi) is 6.37. The molecule has 182 valence electrons. The number of benzene rings is 2. The Balaban J connectivity index is 1.38. The molecule has 3 heterocycles. The molecule has 0 spiro atoms. The fourth-order valence-corrected chi connectivity index (χ4v) is 4.61. The van der Waals surface area contributed by atoms with Crippen molar-refractivity contribution >= 4 is 34.0 Å². The second kappa shape index (κ2) is 9.63. The van der Waals surface area contributed by atoms with Gasteiger partial charge in [0.05, 0.1) is 21.8 Å². The van der Waals surface area contributed by atoms with Gasteiger partial charge < -0.3 is 9.80 Å². The molecule has 6 nitrogen and oxygen atoms in total. The molecule has 0 bridgehead atoms. The molecule has 4 aromatic rings. The van der Waals surface area contributed by atoms with Gasteiger partial charge in [-0.3, -0.25) is 0 Å². The lowest BCUT2D eigenvalue weighted by atomic mass is 10.0. The van der Waals surface area contributed by atoms with Crippen LogP contribution in [0.2, 0.25) is 5.02 Å². The van der Waals surface area contributed by atoms with Gasteiger partial charge in [0.25, 0.3) is 0 Å². The normalized spacial score (nSPS) is 14.2. The number of halogens is 4. The van der Waals surface area contributed by atoms with Gasteiger partial charge in [-0.25, -0.2) is 4.98 Å². The summed E-state index contributed by atoms with van der Waals surface area (Å²) >= 11 is 5.77. The van der Waals surface area contributed by atoms with E-state index < -0.39 is 11.7 Å². The largest absolute Gasteiger partial charge is 0.417 e. The quantitative estimate of drug-likeness (QED) is 0.363. The van der Waals surface area contributed by atoms with Crippen LogP contribution in [0.3, 0.4) is 0 Å². The van der Waals surface area contributed by atoms with E-state index >= 15 is 0 Å².